The molecule has 0 saturated carbocycles. The average molecular weight is 802 g/mol. The molecule has 0 bridgehead atoms. The van der Waals surface area contributed by atoms with Crippen LogP contribution >= 0.6 is 0 Å². The predicted molar refractivity (Wildman–Crippen MR) is 261 cm³/mol. The fraction of sp³-hybridized carbons (Fsp3) is 0.0323. The van der Waals surface area contributed by atoms with E-state index >= 15 is 0 Å². The second kappa shape index (κ2) is 14.9. The van der Waals surface area contributed by atoms with E-state index in [-0.39, 0.29) is 0 Å². The van der Waals surface area contributed by atoms with E-state index in [0.717, 1.165) is 17.1 Å². The van der Waals surface area contributed by atoms with Gasteiger partial charge in [-0.2, -0.15) is 0 Å². The van der Waals surface area contributed by atoms with E-state index in [9.17, 15) is 0 Å². The molecule has 2 aliphatic carbocycles. The van der Waals surface area contributed by atoms with Crippen LogP contribution in [-0.4, -0.2) is 0 Å². The van der Waals surface area contributed by atoms with Gasteiger partial charge in [0, 0.05) is 17.1 Å². The Bertz CT molecular complexity index is 3250. The first-order valence-corrected chi connectivity index (χ1v) is 21.9. The number of fused-ring (bicyclic) bond motifs is 5. The minimum absolute atomic E-state index is 0.474. The van der Waals surface area contributed by atoms with Gasteiger partial charge in [0.15, 0.2) is 0 Å². The summed E-state index contributed by atoms with van der Waals surface area (Å²) >= 11 is 0. The number of hydrogen-bond donors (Lipinski definition) is 0. The molecule has 0 spiro atoms. The van der Waals surface area contributed by atoms with E-state index in [1.54, 1.807) is 0 Å². The Morgan fingerprint density at radius 2 is 0.635 bits per heavy atom. The molecule has 2 atom stereocenters. The molecule has 0 heterocycles. The van der Waals surface area contributed by atoms with Crippen LogP contribution in [0.4, 0.5) is 17.1 Å². The molecule has 0 aliphatic heterocycles. The van der Waals surface area contributed by atoms with Crippen LogP contribution in [0.2, 0.25) is 0 Å². The molecule has 2 aliphatic rings. The van der Waals surface area contributed by atoms with Crippen molar-refractivity contribution < 1.29 is 0 Å². The molecule has 0 aromatic heterocycles. The Labute approximate surface area is 369 Å². The van der Waals surface area contributed by atoms with Gasteiger partial charge in [0.2, 0.25) is 0 Å². The van der Waals surface area contributed by atoms with Crippen molar-refractivity contribution in [3.63, 3.8) is 0 Å². The van der Waals surface area contributed by atoms with E-state index in [1.807, 2.05) is 0 Å². The molecule has 12 rings (SSSR count). The maximum Gasteiger partial charge on any atom is 0.0720 e. The van der Waals surface area contributed by atoms with Crippen molar-refractivity contribution in [1.29, 1.82) is 0 Å². The predicted octanol–water partition coefficient (Wildman–Crippen LogP) is 15.5. The second-order valence-corrected chi connectivity index (χ2v) is 16.8. The summed E-state index contributed by atoms with van der Waals surface area (Å²) in [4.78, 5) is 2.34. The summed E-state index contributed by atoms with van der Waals surface area (Å²) in [6.45, 7) is 0. The molecule has 10 aromatic carbocycles. The van der Waals surface area contributed by atoms with Crippen LogP contribution in [-0.2, 0) is 10.8 Å². The first kappa shape index (κ1) is 36.8. The normalized spacial score (nSPS) is 16.7. The first-order chi connectivity index (χ1) is 31.3. The third-order valence-electron chi connectivity index (χ3n) is 13.6. The highest BCUT2D eigenvalue weighted by molar-refractivity contribution is 5.92. The summed E-state index contributed by atoms with van der Waals surface area (Å²) in [5.41, 5.74) is 20.1. The maximum absolute atomic E-state index is 2.45. The SMILES string of the molecule is c1ccc(-c2ccc(N(c3ccccc3)c3ccc(-c4cccc(C5(c6ccccc6)c6ccccc6C6(c7ccccc7)c7ccccc7-c7cccc5c76)c4)cc3)cc2)cc1. The lowest BCUT2D eigenvalue weighted by molar-refractivity contribution is 0.627. The molecule has 1 nitrogen and oxygen atoms in total. The standard InChI is InChI=1S/C62H43N/c1-5-19-44(20-6-1)45-35-39-52(40-36-45)63(51-27-11-4-12-28-51)53-41-37-46(38-42-53)47-21-17-26-50(43-47)61(48-22-7-2-8-23-48)57-32-15-16-33-58(57)62(49-24-9-3-10-25-49)56-31-14-13-29-54(56)55-30-18-34-59(61)60(55)62/h1-43H. The fourth-order valence-electron chi connectivity index (χ4n) is 11.0. The third-order valence-corrected chi connectivity index (χ3v) is 13.6. The molecule has 10 aromatic rings. The van der Waals surface area contributed by atoms with Crippen LogP contribution in [0, 0.1) is 0 Å². The van der Waals surface area contributed by atoms with Crippen LogP contribution in [0.1, 0.15) is 44.5 Å². The van der Waals surface area contributed by atoms with Gasteiger partial charge >= 0.3 is 0 Å². The van der Waals surface area contributed by atoms with Gasteiger partial charge in [-0.15, -0.1) is 0 Å². The number of anilines is 3. The molecule has 63 heavy (non-hydrogen) atoms. The van der Waals surface area contributed by atoms with Crippen LogP contribution < -0.4 is 4.90 Å². The molecule has 2 unspecified atom stereocenters. The van der Waals surface area contributed by atoms with E-state index in [2.05, 4.69) is 266 Å². The zero-order chi connectivity index (χ0) is 41.8. The number of hydrogen-bond acceptors (Lipinski definition) is 1. The molecule has 0 fully saturated rings. The van der Waals surface area contributed by atoms with Crippen molar-refractivity contribution in [2.75, 3.05) is 4.90 Å². The quantitative estimate of drug-likeness (QED) is 0.148. The zero-order valence-corrected chi connectivity index (χ0v) is 34.8. The molecule has 0 amide bonds. The van der Waals surface area contributed by atoms with Crippen molar-refractivity contribution in [2.24, 2.45) is 0 Å². The third kappa shape index (κ3) is 5.56. The highest BCUT2D eigenvalue weighted by Gasteiger charge is 2.57. The lowest BCUT2D eigenvalue weighted by atomic mass is 9.51. The van der Waals surface area contributed by atoms with Crippen LogP contribution in [0.3, 0.4) is 0 Å². The molecular weight excluding hydrogens is 759 g/mol. The Morgan fingerprint density at radius 3 is 1.27 bits per heavy atom. The van der Waals surface area contributed by atoms with Crippen molar-refractivity contribution in [3.8, 4) is 33.4 Å². The first-order valence-electron chi connectivity index (χ1n) is 21.9. The van der Waals surface area contributed by atoms with E-state index in [1.165, 1.54) is 77.9 Å². The minimum atomic E-state index is -0.602. The van der Waals surface area contributed by atoms with Crippen LogP contribution in [0.15, 0.2) is 261 Å². The lowest BCUT2D eigenvalue weighted by Gasteiger charge is -2.49. The summed E-state index contributed by atoms with van der Waals surface area (Å²) in [5, 5.41) is 0. The van der Waals surface area contributed by atoms with Gasteiger partial charge in [-0.05, 0) is 120 Å². The Hall–Kier alpha value is -8.00. The molecular formula is C62H43N. The van der Waals surface area contributed by atoms with Gasteiger partial charge in [-0.3, -0.25) is 0 Å². The molecule has 296 valence electrons. The minimum Gasteiger partial charge on any atom is -0.311 e. The molecule has 0 radical (unpaired) electrons. The Kier molecular flexibility index (Phi) is 8.69. The largest absolute Gasteiger partial charge is 0.311 e. The molecule has 0 N–H and O–H groups in total. The number of rotatable bonds is 8. The van der Waals surface area contributed by atoms with Crippen molar-refractivity contribution in [1.82, 2.24) is 0 Å². The van der Waals surface area contributed by atoms with Crippen molar-refractivity contribution >= 4 is 17.1 Å². The highest BCUT2D eigenvalue weighted by Crippen LogP contribution is 2.65. The molecule has 0 saturated heterocycles. The molecule has 1 heteroatoms. The zero-order valence-electron chi connectivity index (χ0n) is 34.8. The highest BCUT2D eigenvalue weighted by atomic mass is 15.1. The van der Waals surface area contributed by atoms with Gasteiger partial charge in [0.25, 0.3) is 0 Å². The number of benzene rings is 10. The number of nitrogens with zero attached hydrogens (tertiary/aromatic N) is 1. The van der Waals surface area contributed by atoms with Gasteiger partial charge in [0.05, 0.1) is 10.8 Å². The summed E-state index contributed by atoms with van der Waals surface area (Å²) in [7, 11) is 0. The Balaban J connectivity index is 1.03. The fourth-order valence-corrected chi connectivity index (χ4v) is 11.0. The lowest BCUT2D eigenvalue weighted by Crippen LogP contribution is -2.44. The summed E-state index contributed by atoms with van der Waals surface area (Å²) in [6, 6.07) is 96.4. The second-order valence-electron chi connectivity index (χ2n) is 16.8. The van der Waals surface area contributed by atoms with Gasteiger partial charge in [-0.25, -0.2) is 0 Å². The van der Waals surface area contributed by atoms with E-state index < -0.39 is 10.8 Å². The monoisotopic (exact) mass is 801 g/mol. The summed E-state index contributed by atoms with van der Waals surface area (Å²) in [6.07, 6.45) is 0. The number of para-hydroxylation sites is 1. The van der Waals surface area contributed by atoms with Crippen LogP contribution in [0.25, 0.3) is 33.4 Å². The summed E-state index contributed by atoms with van der Waals surface area (Å²) in [5.74, 6) is 0. The Morgan fingerprint density at radius 1 is 0.238 bits per heavy atom. The van der Waals surface area contributed by atoms with Crippen molar-refractivity contribution in [3.05, 3.63) is 305 Å². The van der Waals surface area contributed by atoms with Crippen molar-refractivity contribution in [2.45, 2.75) is 10.8 Å². The van der Waals surface area contributed by atoms with Gasteiger partial charge in [-0.1, -0.05) is 218 Å². The van der Waals surface area contributed by atoms with Gasteiger partial charge < -0.3 is 4.90 Å². The van der Waals surface area contributed by atoms with E-state index in [0.29, 0.717) is 0 Å². The van der Waals surface area contributed by atoms with Gasteiger partial charge in [0.1, 0.15) is 0 Å². The smallest absolute Gasteiger partial charge is 0.0720 e. The average Bonchev–Trinajstić information content (AvgIpc) is 3.68. The topological polar surface area (TPSA) is 3.24 Å². The van der Waals surface area contributed by atoms with Crippen LogP contribution in [0.5, 0.6) is 0 Å². The summed E-state index contributed by atoms with van der Waals surface area (Å²) < 4.78 is 0. The van der Waals surface area contributed by atoms with E-state index in [4.69, 9.17) is 0 Å². The maximum atomic E-state index is 2.45.